The summed E-state index contributed by atoms with van der Waals surface area (Å²) in [5.41, 5.74) is 0. The molecule has 1 aliphatic carbocycles. The highest BCUT2D eigenvalue weighted by atomic mass is 79.9. The lowest BCUT2D eigenvalue weighted by molar-refractivity contribution is -0.138. The number of carbonyl (C=O) groups is 1. The molecule has 0 spiro atoms. The van der Waals surface area contributed by atoms with Crippen molar-refractivity contribution in [2.75, 3.05) is 0 Å². The van der Waals surface area contributed by atoms with Gasteiger partial charge in [0.1, 0.15) is 9.34 Å². The van der Waals surface area contributed by atoms with Crippen LogP contribution in [-0.4, -0.2) is 15.3 Å². The van der Waals surface area contributed by atoms with Crippen LogP contribution in [0.25, 0.3) is 0 Å². The van der Waals surface area contributed by atoms with Crippen LogP contribution in [0.4, 0.5) is 0 Å². The number of carbonyl (C=O) groups excluding carboxylic acids is 1. The van der Waals surface area contributed by atoms with E-state index in [1.54, 1.807) is 0 Å². The summed E-state index contributed by atoms with van der Waals surface area (Å²) in [7, 11) is 0. The summed E-state index contributed by atoms with van der Waals surface area (Å²) in [6, 6.07) is 0. The quantitative estimate of drug-likeness (QED) is 0.435. The molecule has 56 valence electrons. The topological polar surface area (TPSA) is 26.3 Å². The van der Waals surface area contributed by atoms with Crippen LogP contribution in [0.15, 0.2) is 12.7 Å². The van der Waals surface area contributed by atoms with Gasteiger partial charge in [-0.3, -0.25) is 0 Å². The lowest BCUT2D eigenvalue weighted by atomic mass is 10.6. The maximum absolute atomic E-state index is 10.6. The molecule has 1 aliphatic rings. The van der Waals surface area contributed by atoms with Crippen molar-refractivity contribution < 1.29 is 9.53 Å². The third-order valence-corrected chi connectivity index (χ3v) is 2.86. The largest absolute Gasteiger partial charge is 0.457 e. The molecule has 0 radical (unpaired) electrons. The number of hydrogen-bond acceptors (Lipinski definition) is 2. The molecule has 2 nitrogen and oxygen atoms in total. The Bertz CT molecular complexity index is 177. The number of esters is 1. The van der Waals surface area contributed by atoms with Crippen molar-refractivity contribution >= 4 is 37.8 Å². The van der Waals surface area contributed by atoms with E-state index >= 15 is 0 Å². The van der Waals surface area contributed by atoms with Crippen LogP contribution in [0.2, 0.25) is 0 Å². The highest BCUT2D eigenvalue weighted by molar-refractivity contribution is 9.25. The minimum atomic E-state index is -0.370. The Hall–Kier alpha value is 0.170. The fraction of sp³-hybridized carbons (Fsp3) is 0.500. The van der Waals surface area contributed by atoms with E-state index in [0.717, 1.165) is 12.5 Å². The van der Waals surface area contributed by atoms with Crippen molar-refractivity contribution in [3.63, 3.8) is 0 Å². The molecule has 1 unspecified atom stereocenters. The summed E-state index contributed by atoms with van der Waals surface area (Å²) >= 11 is 6.63. The molecule has 1 saturated carbocycles. The van der Waals surface area contributed by atoms with Gasteiger partial charge in [0.25, 0.3) is 0 Å². The number of alkyl halides is 2. The van der Waals surface area contributed by atoms with E-state index in [4.69, 9.17) is 4.74 Å². The Kier molecular flexibility index (Phi) is 2.20. The minimum absolute atomic E-state index is 0.0435. The van der Waals surface area contributed by atoms with Gasteiger partial charge in [-0.15, -0.1) is 0 Å². The zero-order valence-corrected chi connectivity index (χ0v) is 8.31. The summed E-state index contributed by atoms with van der Waals surface area (Å²) < 4.78 is 4.71. The summed E-state index contributed by atoms with van der Waals surface area (Å²) in [6.07, 6.45) is 1.93. The zero-order valence-electron chi connectivity index (χ0n) is 5.14. The molecular weight excluding hydrogens is 264 g/mol. The van der Waals surface area contributed by atoms with E-state index in [1.165, 1.54) is 0 Å². The summed E-state index contributed by atoms with van der Waals surface area (Å²) in [6.45, 7) is 3.28. The van der Waals surface area contributed by atoms with E-state index in [1.807, 2.05) is 0 Å². The molecule has 0 aromatic rings. The summed E-state index contributed by atoms with van der Waals surface area (Å²) in [4.78, 5) is 10.6. The van der Waals surface area contributed by atoms with E-state index in [9.17, 15) is 4.79 Å². The van der Waals surface area contributed by atoms with E-state index in [2.05, 4.69) is 38.4 Å². The molecule has 0 aliphatic heterocycles. The van der Waals surface area contributed by atoms with Gasteiger partial charge in [0, 0.05) is 12.5 Å². The molecular formula is C6H6Br2O2. The van der Waals surface area contributed by atoms with Gasteiger partial charge in [-0.25, -0.2) is 4.79 Å². The van der Waals surface area contributed by atoms with Crippen LogP contribution in [0.3, 0.4) is 0 Å². The first kappa shape index (κ1) is 8.27. The van der Waals surface area contributed by atoms with Gasteiger partial charge in [0.15, 0.2) is 0 Å². The molecule has 1 atom stereocenters. The SMILES string of the molecule is C=CC(=O)OC1CC1(Br)Br. The van der Waals surface area contributed by atoms with Crippen LogP contribution >= 0.6 is 31.9 Å². The Morgan fingerprint density at radius 3 is 2.60 bits per heavy atom. The van der Waals surface area contributed by atoms with Crippen molar-refractivity contribution in [2.45, 2.75) is 15.8 Å². The van der Waals surface area contributed by atoms with Gasteiger partial charge in [-0.1, -0.05) is 38.4 Å². The zero-order chi connectivity index (χ0) is 7.78. The van der Waals surface area contributed by atoms with Gasteiger partial charge in [0.05, 0.1) is 0 Å². The monoisotopic (exact) mass is 268 g/mol. The minimum Gasteiger partial charge on any atom is -0.457 e. The molecule has 10 heavy (non-hydrogen) atoms. The van der Waals surface area contributed by atoms with Gasteiger partial charge in [-0.05, 0) is 0 Å². The van der Waals surface area contributed by atoms with Crippen LogP contribution in [-0.2, 0) is 9.53 Å². The molecule has 1 fully saturated rings. The van der Waals surface area contributed by atoms with E-state index in [0.29, 0.717) is 0 Å². The molecule has 0 bridgehead atoms. The predicted octanol–water partition coefficient (Wildman–Crippen LogP) is 1.97. The first-order chi connectivity index (χ1) is 4.56. The van der Waals surface area contributed by atoms with Crippen LogP contribution in [0.1, 0.15) is 6.42 Å². The maximum atomic E-state index is 10.6. The number of halogens is 2. The molecule has 0 amide bonds. The maximum Gasteiger partial charge on any atom is 0.330 e. The number of hydrogen-bond donors (Lipinski definition) is 0. The number of ether oxygens (including phenoxy) is 1. The van der Waals surface area contributed by atoms with E-state index < -0.39 is 0 Å². The van der Waals surface area contributed by atoms with Crippen LogP contribution in [0, 0.1) is 0 Å². The normalized spacial score (nSPS) is 27.2. The molecule has 4 heteroatoms. The second-order valence-corrected chi connectivity index (χ2v) is 5.99. The molecule has 0 aromatic heterocycles. The van der Waals surface area contributed by atoms with Crippen molar-refractivity contribution in [1.29, 1.82) is 0 Å². The Morgan fingerprint density at radius 1 is 1.80 bits per heavy atom. The fourth-order valence-electron chi connectivity index (χ4n) is 0.504. The average molecular weight is 270 g/mol. The first-order valence-corrected chi connectivity index (χ1v) is 4.36. The van der Waals surface area contributed by atoms with Crippen molar-refractivity contribution in [2.24, 2.45) is 0 Å². The molecule has 0 aromatic carbocycles. The second-order valence-electron chi connectivity index (χ2n) is 2.09. The van der Waals surface area contributed by atoms with Crippen molar-refractivity contribution in [3.05, 3.63) is 12.7 Å². The lowest BCUT2D eigenvalue weighted by Gasteiger charge is -1.99. The molecule has 0 saturated heterocycles. The fourth-order valence-corrected chi connectivity index (χ4v) is 1.28. The predicted molar refractivity (Wildman–Crippen MR) is 45.3 cm³/mol. The van der Waals surface area contributed by atoms with Gasteiger partial charge in [-0.2, -0.15) is 0 Å². The second kappa shape index (κ2) is 2.66. The van der Waals surface area contributed by atoms with E-state index in [-0.39, 0.29) is 15.3 Å². The van der Waals surface area contributed by atoms with Crippen molar-refractivity contribution in [3.8, 4) is 0 Å². The Morgan fingerprint density at radius 2 is 2.30 bits per heavy atom. The lowest BCUT2D eigenvalue weighted by Crippen LogP contribution is -2.06. The summed E-state index contributed by atoms with van der Waals surface area (Å²) in [5, 5.41) is 0. The molecule has 1 rings (SSSR count). The highest BCUT2D eigenvalue weighted by Crippen LogP contribution is 2.52. The third-order valence-electron chi connectivity index (χ3n) is 1.19. The Balaban J connectivity index is 2.30. The first-order valence-electron chi connectivity index (χ1n) is 2.77. The summed E-state index contributed by atoms with van der Waals surface area (Å²) in [5.74, 6) is -0.370. The van der Waals surface area contributed by atoms with Crippen LogP contribution in [0.5, 0.6) is 0 Å². The number of rotatable bonds is 2. The Labute approximate surface area is 75.9 Å². The van der Waals surface area contributed by atoms with Crippen molar-refractivity contribution in [1.82, 2.24) is 0 Å². The van der Waals surface area contributed by atoms with Crippen LogP contribution < -0.4 is 0 Å². The van der Waals surface area contributed by atoms with Gasteiger partial charge < -0.3 is 4.74 Å². The van der Waals surface area contributed by atoms with Gasteiger partial charge in [0.2, 0.25) is 0 Å². The average Bonchev–Trinajstić information content (AvgIpc) is 2.40. The van der Waals surface area contributed by atoms with Gasteiger partial charge >= 0.3 is 5.97 Å². The molecule has 0 N–H and O–H groups in total. The smallest absolute Gasteiger partial charge is 0.330 e. The molecule has 0 heterocycles. The standard InChI is InChI=1S/C6H6Br2O2/c1-2-5(9)10-4-3-6(4,7)8/h2,4H,1,3H2. The third kappa shape index (κ3) is 1.83. The highest BCUT2D eigenvalue weighted by Gasteiger charge is 2.53.